The molecule has 0 aromatic heterocycles. The molecule has 2 amide bonds. The van der Waals surface area contributed by atoms with Crippen LogP contribution in [0, 0.1) is 0 Å². The normalized spacial score (nSPS) is 15.1. The van der Waals surface area contributed by atoms with Crippen molar-refractivity contribution >= 4 is 58.1 Å². The van der Waals surface area contributed by atoms with Gasteiger partial charge in [-0.25, -0.2) is 4.79 Å². The van der Waals surface area contributed by atoms with Crippen molar-refractivity contribution in [2.24, 2.45) is 0 Å². The SMILES string of the molecule is CCOC(=O)c1ccc(NC(=O)C[C@@H]2C(=O)N(c3cccc(Cl)c3)C(=S)N2CCc2ccccc2)cc1. The van der Waals surface area contributed by atoms with E-state index in [1.54, 1.807) is 60.4 Å². The Balaban J connectivity index is 1.51. The molecule has 1 saturated heterocycles. The molecule has 0 radical (unpaired) electrons. The number of carbonyl (C=O) groups is 3. The van der Waals surface area contributed by atoms with Crippen molar-refractivity contribution in [3.05, 3.63) is 95.0 Å². The lowest BCUT2D eigenvalue weighted by Gasteiger charge is -2.24. The lowest BCUT2D eigenvalue weighted by atomic mass is 10.1. The first-order valence-corrected chi connectivity index (χ1v) is 12.7. The van der Waals surface area contributed by atoms with Crippen LogP contribution in [0.25, 0.3) is 0 Å². The highest BCUT2D eigenvalue weighted by molar-refractivity contribution is 7.80. The second kappa shape index (κ2) is 12.0. The summed E-state index contributed by atoms with van der Waals surface area (Å²) < 4.78 is 4.99. The highest BCUT2D eigenvalue weighted by Gasteiger charge is 2.44. The second-order valence-electron chi connectivity index (χ2n) is 8.43. The minimum atomic E-state index is -0.769. The molecule has 3 aromatic rings. The summed E-state index contributed by atoms with van der Waals surface area (Å²) in [5, 5.41) is 3.62. The number of ether oxygens (including phenoxy) is 1. The quantitative estimate of drug-likeness (QED) is 0.304. The van der Waals surface area contributed by atoms with Crippen molar-refractivity contribution in [3.8, 4) is 0 Å². The molecule has 0 saturated carbocycles. The van der Waals surface area contributed by atoms with Crippen molar-refractivity contribution in [1.82, 2.24) is 4.90 Å². The van der Waals surface area contributed by atoms with E-state index >= 15 is 0 Å². The number of amides is 2. The Bertz CT molecular complexity index is 1300. The van der Waals surface area contributed by atoms with Crippen molar-refractivity contribution in [1.29, 1.82) is 0 Å². The van der Waals surface area contributed by atoms with Gasteiger partial charge in [0.25, 0.3) is 5.91 Å². The zero-order valence-corrected chi connectivity index (χ0v) is 21.8. The molecule has 1 heterocycles. The Labute approximate surface area is 226 Å². The fourth-order valence-electron chi connectivity index (χ4n) is 4.13. The van der Waals surface area contributed by atoms with Gasteiger partial charge in [-0.05, 0) is 73.6 Å². The lowest BCUT2D eigenvalue weighted by Crippen LogP contribution is -2.39. The fourth-order valence-corrected chi connectivity index (χ4v) is 4.72. The molecule has 1 N–H and O–H groups in total. The van der Waals surface area contributed by atoms with Gasteiger partial charge < -0.3 is 15.0 Å². The van der Waals surface area contributed by atoms with E-state index in [1.165, 1.54) is 4.90 Å². The minimum absolute atomic E-state index is 0.0928. The molecule has 0 bridgehead atoms. The van der Waals surface area contributed by atoms with E-state index in [4.69, 9.17) is 28.6 Å². The van der Waals surface area contributed by atoms with Crippen LogP contribution in [0.3, 0.4) is 0 Å². The van der Waals surface area contributed by atoms with E-state index < -0.39 is 12.0 Å². The van der Waals surface area contributed by atoms with Crippen LogP contribution in [0.15, 0.2) is 78.9 Å². The number of anilines is 2. The van der Waals surface area contributed by atoms with Gasteiger partial charge in [0.1, 0.15) is 6.04 Å². The fraction of sp³-hybridized carbons (Fsp3) is 0.214. The standard InChI is InChI=1S/C28H26ClN3O4S/c1-2-36-27(35)20-11-13-22(14-12-20)30-25(33)18-24-26(34)32(23-10-6-9-21(29)17-23)28(37)31(24)16-15-19-7-4-3-5-8-19/h3-14,17,24H,2,15-16,18H2,1H3,(H,30,33)/t24-/m1/s1. The average Bonchev–Trinajstić information content (AvgIpc) is 3.12. The van der Waals surface area contributed by atoms with Gasteiger partial charge in [-0.15, -0.1) is 0 Å². The van der Waals surface area contributed by atoms with Crippen LogP contribution in [-0.2, 0) is 20.7 Å². The molecule has 3 aromatic carbocycles. The zero-order valence-electron chi connectivity index (χ0n) is 20.2. The number of rotatable bonds is 9. The Morgan fingerprint density at radius 2 is 1.76 bits per heavy atom. The van der Waals surface area contributed by atoms with Crippen LogP contribution in [0.4, 0.5) is 11.4 Å². The van der Waals surface area contributed by atoms with Gasteiger partial charge in [-0.1, -0.05) is 48.0 Å². The molecule has 1 fully saturated rings. The number of halogens is 1. The first-order valence-electron chi connectivity index (χ1n) is 11.9. The number of hydrogen-bond donors (Lipinski definition) is 1. The molecule has 7 nitrogen and oxygen atoms in total. The summed E-state index contributed by atoms with van der Waals surface area (Å²) in [5.74, 6) is -1.06. The van der Waals surface area contributed by atoms with E-state index in [9.17, 15) is 14.4 Å². The maximum absolute atomic E-state index is 13.5. The predicted octanol–water partition coefficient (Wildman–Crippen LogP) is 5.09. The number of esters is 1. The predicted molar refractivity (Wildman–Crippen MR) is 148 cm³/mol. The van der Waals surface area contributed by atoms with Crippen molar-refractivity contribution < 1.29 is 19.1 Å². The Kier molecular flexibility index (Phi) is 8.53. The largest absolute Gasteiger partial charge is 0.462 e. The van der Waals surface area contributed by atoms with Gasteiger partial charge in [0.2, 0.25) is 5.91 Å². The van der Waals surface area contributed by atoms with E-state index in [1.807, 2.05) is 30.3 Å². The number of carbonyl (C=O) groups excluding carboxylic acids is 3. The second-order valence-corrected chi connectivity index (χ2v) is 9.23. The number of benzene rings is 3. The van der Waals surface area contributed by atoms with Crippen LogP contribution in [0.1, 0.15) is 29.3 Å². The number of hydrogen-bond acceptors (Lipinski definition) is 5. The molecule has 0 aliphatic carbocycles. The number of thiocarbonyl (C=S) groups is 1. The van der Waals surface area contributed by atoms with Crippen LogP contribution in [0.2, 0.25) is 5.02 Å². The highest BCUT2D eigenvalue weighted by Crippen LogP contribution is 2.29. The van der Waals surface area contributed by atoms with Gasteiger partial charge in [0.15, 0.2) is 5.11 Å². The van der Waals surface area contributed by atoms with Crippen LogP contribution >= 0.6 is 23.8 Å². The molecule has 190 valence electrons. The van der Waals surface area contributed by atoms with Crippen molar-refractivity contribution in [2.75, 3.05) is 23.4 Å². The molecule has 9 heteroatoms. The van der Waals surface area contributed by atoms with E-state index in [0.717, 1.165) is 5.56 Å². The number of nitrogens with one attached hydrogen (secondary N) is 1. The molecule has 0 spiro atoms. The van der Waals surface area contributed by atoms with Crippen molar-refractivity contribution in [2.45, 2.75) is 25.8 Å². The molecule has 37 heavy (non-hydrogen) atoms. The molecular weight excluding hydrogens is 510 g/mol. The summed E-state index contributed by atoms with van der Waals surface area (Å²) in [6.45, 7) is 2.48. The molecule has 1 atom stereocenters. The average molecular weight is 536 g/mol. The van der Waals surface area contributed by atoms with Gasteiger partial charge in [0.05, 0.1) is 24.3 Å². The highest BCUT2D eigenvalue weighted by atomic mass is 35.5. The minimum Gasteiger partial charge on any atom is -0.462 e. The first kappa shape index (κ1) is 26.3. The van der Waals surface area contributed by atoms with Crippen LogP contribution in [-0.4, -0.2) is 47.0 Å². The summed E-state index contributed by atoms with van der Waals surface area (Å²) >= 11 is 11.9. The van der Waals surface area contributed by atoms with Crippen LogP contribution < -0.4 is 10.2 Å². The van der Waals surface area contributed by atoms with Gasteiger partial charge in [-0.2, -0.15) is 0 Å². The van der Waals surface area contributed by atoms with E-state index in [2.05, 4.69) is 5.32 Å². The summed E-state index contributed by atoms with van der Waals surface area (Å²) in [7, 11) is 0. The third kappa shape index (κ3) is 6.34. The maximum Gasteiger partial charge on any atom is 0.338 e. The lowest BCUT2D eigenvalue weighted by molar-refractivity contribution is -0.124. The summed E-state index contributed by atoms with van der Waals surface area (Å²) in [6, 6.07) is 22.4. The van der Waals surface area contributed by atoms with Gasteiger partial charge in [-0.3, -0.25) is 14.5 Å². The summed E-state index contributed by atoms with van der Waals surface area (Å²) in [4.78, 5) is 41.6. The van der Waals surface area contributed by atoms with Crippen LogP contribution in [0.5, 0.6) is 0 Å². The van der Waals surface area contributed by atoms with Gasteiger partial charge >= 0.3 is 5.97 Å². The van der Waals surface area contributed by atoms with E-state index in [0.29, 0.717) is 40.0 Å². The number of nitrogens with zero attached hydrogens (tertiary/aromatic N) is 2. The maximum atomic E-state index is 13.5. The van der Waals surface area contributed by atoms with Crippen molar-refractivity contribution in [3.63, 3.8) is 0 Å². The topological polar surface area (TPSA) is 78.9 Å². The molecule has 1 aliphatic rings. The molecule has 1 aliphatic heterocycles. The third-order valence-corrected chi connectivity index (χ3v) is 6.58. The first-order chi connectivity index (χ1) is 17.9. The Hall–Kier alpha value is -3.75. The Morgan fingerprint density at radius 1 is 1.03 bits per heavy atom. The summed E-state index contributed by atoms with van der Waals surface area (Å²) in [5.41, 5.74) is 2.56. The van der Waals surface area contributed by atoms with E-state index in [-0.39, 0.29) is 24.8 Å². The summed E-state index contributed by atoms with van der Waals surface area (Å²) in [6.07, 6.45) is 0.565. The zero-order chi connectivity index (χ0) is 26.4. The smallest absolute Gasteiger partial charge is 0.338 e. The molecule has 0 unspecified atom stereocenters. The monoisotopic (exact) mass is 535 g/mol. The third-order valence-electron chi connectivity index (χ3n) is 5.93. The Morgan fingerprint density at radius 3 is 2.43 bits per heavy atom. The molecule has 4 rings (SSSR count). The molecular formula is C28H26ClN3O4S. The van der Waals surface area contributed by atoms with Gasteiger partial charge in [0, 0.05) is 17.3 Å².